The lowest BCUT2D eigenvalue weighted by atomic mass is 10.2. The molecule has 0 amide bonds. The van der Waals surface area contributed by atoms with Crippen LogP contribution in [-0.2, 0) is 11.2 Å². The highest BCUT2D eigenvalue weighted by Gasteiger charge is 2.04. The summed E-state index contributed by atoms with van der Waals surface area (Å²) in [5.41, 5.74) is 0.868. The van der Waals surface area contributed by atoms with Crippen LogP contribution in [0.15, 0.2) is 5.38 Å². The summed E-state index contributed by atoms with van der Waals surface area (Å²) in [5.74, 6) is 0.461. The van der Waals surface area contributed by atoms with Crippen LogP contribution in [0.2, 0.25) is 0 Å². The molecule has 1 heterocycles. The van der Waals surface area contributed by atoms with Crippen LogP contribution < -0.4 is 5.32 Å². The van der Waals surface area contributed by atoms with Gasteiger partial charge in [-0.2, -0.15) is 11.8 Å². The number of aliphatic carboxylic acids is 1. The third-order valence-electron chi connectivity index (χ3n) is 2.45. The van der Waals surface area contributed by atoms with Crippen molar-refractivity contribution in [1.82, 2.24) is 4.98 Å². The number of aryl methyl sites for hydroxylation is 1. The molecule has 0 aliphatic heterocycles. The van der Waals surface area contributed by atoms with Crippen molar-refractivity contribution in [2.75, 3.05) is 23.9 Å². The molecule has 0 saturated heterocycles. The average Bonchev–Trinajstić information content (AvgIpc) is 2.79. The van der Waals surface area contributed by atoms with Gasteiger partial charge in [-0.3, -0.25) is 4.79 Å². The summed E-state index contributed by atoms with van der Waals surface area (Å²) in [7, 11) is 0. The smallest absolute Gasteiger partial charge is 0.303 e. The molecule has 18 heavy (non-hydrogen) atoms. The van der Waals surface area contributed by atoms with Crippen LogP contribution in [0.3, 0.4) is 0 Å². The second-order valence-corrected chi connectivity index (χ2v) is 5.86. The Balaban J connectivity index is 2.13. The first kappa shape index (κ1) is 15.3. The number of anilines is 1. The van der Waals surface area contributed by atoms with Crippen LogP contribution in [0.5, 0.6) is 0 Å². The zero-order valence-electron chi connectivity index (χ0n) is 10.6. The fourth-order valence-electron chi connectivity index (χ4n) is 1.48. The van der Waals surface area contributed by atoms with E-state index in [4.69, 9.17) is 5.11 Å². The number of rotatable bonds is 10. The van der Waals surface area contributed by atoms with Crippen LogP contribution in [0.1, 0.15) is 31.4 Å². The molecule has 0 bridgehead atoms. The summed E-state index contributed by atoms with van der Waals surface area (Å²) in [6, 6.07) is 0. The van der Waals surface area contributed by atoms with Crippen molar-refractivity contribution in [3.8, 4) is 0 Å². The summed E-state index contributed by atoms with van der Waals surface area (Å²) in [4.78, 5) is 14.8. The van der Waals surface area contributed by atoms with Gasteiger partial charge in [0, 0.05) is 18.3 Å². The molecule has 1 rings (SSSR count). The zero-order valence-corrected chi connectivity index (χ0v) is 12.3. The van der Waals surface area contributed by atoms with Gasteiger partial charge in [0.15, 0.2) is 5.13 Å². The molecule has 0 aliphatic rings. The molecule has 1 aromatic rings. The van der Waals surface area contributed by atoms with Gasteiger partial charge in [-0.05, 0) is 24.9 Å². The summed E-state index contributed by atoms with van der Waals surface area (Å²) in [6.07, 6.45) is 6.46. The van der Waals surface area contributed by atoms with E-state index in [1.807, 2.05) is 17.1 Å². The molecule has 6 heteroatoms. The van der Waals surface area contributed by atoms with Gasteiger partial charge in [0.25, 0.3) is 0 Å². The number of carbonyl (C=O) groups is 1. The second-order valence-electron chi connectivity index (χ2n) is 4.02. The Morgan fingerprint density at radius 2 is 2.33 bits per heavy atom. The van der Waals surface area contributed by atoms with Crippen LogP contribution in [0.25, 0.3) is 0 Å². The van der Waals surface area contributed by atoms with E-state index in [0.29, 0.717) is 6.42 Å². The molecular formula is C12H20N2O2S2. The Labute approximate surface area is 116 Å². The quantitative estimate of drug-likeness (QED) is 0.648. The predicted molar refractivity (Wildman–Crippen MR) is 78.8 cm³/mol. The highest BCUT2D eigenvalue weighted by molar-refractivity contribution is 7.98. The molecule has 0 aromatic carbocycles. The average molecular weight is 288 g/mol. The number of nitrogens with one attached hydrogen (secondary N) is 1. The Hall–Kier alpha value is -0.750. The van der Waals surface area contributed by atoms with Crippen LogP contribution in [0, 0.1) is 0 Å². The van der Waals surface area contributed by atoms with Gasteiger partial charge in [0.05, 0.1) is 12.1 Å². The third-order valence-corrected chi connectivity index (χ3v) is 3.99. The summed E-state index contributed by atoms with van der Waals surface area (Å²) in [5, 5.41) is 14.7. The van der Waals surface area contributed by atoms with Gasteiger partial charge in [-0.1, -0.05) is 6.42 Å². The van der Waals surface area contributed by atoms with Crippen molar-refractivity contribution in [3.63, 3.8) is 0 Å². The van der Waals surface area contributed by atoms with E-state index in [-0.39, 0.29) is 6.42 Å². The fourth-order valence-corrected chi connectivity index (χ4v) is 2.75. The molecular weight excluding hydrogens is 268 g/mol. The van der Waals surface area contributed by atoms with Crippen molar-refractivity contribution in [2.24, 2.45) is 0 Å². The second kappa shape index (κ2) is 9.22. The molecule has 2 N–H and O–H groups in total. The third kappa shape index (κ3) is 6.86. The van der Waals surface area contributed by atoms with Gasteiger partial charge in [-0.15, -0.1) is 11.3 Å². The summed E-state index contributed by atoms with van der Waals surface area (Å²) < 4.78 is 0. The van der Waals surface area contributed by atoms with E-state index in [2.05, 4.69) is 16.6 Å². The summed E-state index contributed by atoms with van der Waals surface area (Å²) >= 11 is 3.44. The van der Waals surface area contributed by atoms with Gasteiger partial charge in [0.2, 0.25) is 0 Å². The molecule has 0 atom stereocenters. The molecule has 0 fully saturated rings. The number of hydrogen-bond acceptors (Lipinski definition) is 5. The SMILES string of the molecule is CSCCCCCNc1nc(CCC(=O)O)cs1. The van der Waals surface area contributed by atoms with E-state index in [0.717, 1.165) is 23.8 Å². The Bertz CT molecular complexity index is 356. The number of carboxylic acid groups (broad SMARTS) is 1. The van der Waals surface area contributed by atoms with Crippen LogP contribution >= 0.6 is 23.1 Å². The lowest BCUT2D eigenvalue weighted by Crippen LogP contribution is -2.02. The fraction of sp³-hybridized carbons (Fsp3) is 0.667. The Morgan fingerprint density at radius 3 is 3.06 bits per heavy atom. The first-order valence-corrected chi connectivity index (χ1v) is 8.38. The number of aromatic nitrogens is 1. The van der Waals surface area contributed by atoms with Gasteiger partial charge in [-0.25, -0.2) is 4.98 Å². The maximum absolute atomic E-state index is 10.4. The maximum atomic E-state index is 10.4. The Morgan fingerprint density at radius 1 is 1.50 bits per heavy atom. The lowest BCUT2D eigenvalue weighted by Gasteiger charge is -2.01. The molecule has 102 valence electrons. The first-order valence-electron chi connectivity index (χ1n) is 6.11. The largest absolute Gasteiger partial charge is 0.481 e. The van der Waals surface area contributed by atoms with Crippen molar-refractivity contribution in [1.29, 1.82) is 0 Å². The summed E-state index contributed by atoms with van der Waals surface area (Å²) in [6.45, 7) is 0.945. The van der Waals surface area contributed by atoms with Crippen molar-refractivity contribution >= 4 is 34.2 Å². The standard InChI is InChI=1S/C12H20N2O2S2/c1-17-8-4-2-3-7-13-12-14-10(9-18-12)5-6-11(15)16/h9H,2-8H2,1H3,(H,13,14)(H,15,16). The van der Waals surface area contributed by atoms with Crippen molar-refractivity contribution in [2.45, 2.75) is 32.1 Å². The molecule has 1 aromatic heterocycles. The minimum absolute atomic E-state index is 0.151. The number of nitrogens with zero attached hydrogens (tertiary/aromatic N) is 1. The number of carboxylic acids is 1. The minimum atomic E-state index is -0.772. The first-order chi connectivity index (χ1) is 8.72. The van der Waals surface area contributed by atoms with E-state index >= 15 is 0 Å². The highest BCUT2D eigenvalue weighted by atomic mass is 32.2. The van der Waals surface area contributed by atoms with E-state index in [9.17, 15) is 4.79 Å². The zero-order chi connectivity index (χ0) is 13.2. The van der Waals surface area contributed by atoms with Crippen LogP contribution in [0.4, 0.5) is 5.13 Å². The van der Waals surface area contributed by atoms with Gasteiger partial charge in [0.1, 0.15) is 0 Å². The minimum Gasteiger partial charge on any atom is -0.481 e. The van der Waals surface area contributed by atoms with E-state index in [1.54, 1.807) is 11.3 Å². The van der Waals surface area contributed by atoms with E-state index in [1.165, 1.54) is 18.6 Å². The molecule has 0 aliphatic carbocycles. The highest BCUT2D eigenvalue weighted by Crippen LogP contribution is 2.16. The molecule has 0 saturated carbocycles. The van der Waals surface area contributed by atoms with Gasteiger partial charge < -0.3 is 10.4 Å². The topological polar surface area (TPSA) is 62.2 Å². The number of thiazole rings is 1. The molecule has 0 unspecified atom stereocenters. The normalized spacial score (nSPS) is 10.5. The van der Waals surface area contributed by atoms with Gasteiger partial charge >= 0.3 is 5.97 Å². The number of unbranched alkanes of at least 4 members (excludes halogenated alkanes) is 2. The number of thioether (sulfide) groups is 1. The van der Waals surface area contributed by atoms with Crippen molar-refractivity contribution < 1.29 is 9.90 Å². The number of hydrogen-bond donors (Lipinski definition) is 2. The van der Waals surface area contributed by atoms with Crippen molar-refractivity contribution in [3.05, 3.63) is 11.1 Å². The monoisotopic (exact) mass is 288 g/mol. The van der Waals surface area contributed by atoms with Crippen LogP contribution in [-0.4, -0.2) is 34.6 Å². The Kier molecular flexibility index (Phi) is 7.84. The molecule has 4 nitrogen and oxygen atoms in total. The lowest BCUT2D eigenvalue weighted by molar-refractivity contribution is -0.136. The molecule has 0 spiro atoms. The molecule has 0 radical (unpaired) electrons. The predicted octanol–water partition coefficient (Wildman–Crippen LogP) is 3.11. The maximum Gasteiger partial charge on any atom is 0.303 e. The van der Waals surface area contributed by atoms with E-state index < -0.39 is 5.97 Å².